The fraction of sp³-hybridized carbons (Fsp3) is 0. The third-order valence-corrected chi connectivity index (χ3v) is 0. The van der Waals surface area contributed by atoms with Gasteiger partial charge in [0.2, 0.25) is 0 Å². The Bertz CT molecular complexity index is 14.5. The van der Waals surface area contributed by atoms with Crippen LogP contribution in [0.4, 0.5) is 0 Å². The Morgan fingerprint density at radius 2 is 0.455 bits per heavy atom. The Morgan fingerprint density at radius 3 is 0.455 bits per heavy atom. The first-order chi connectivity index (χ1) is 1.00. The Hall–Kier alpha value is 3.10. The first-order valence-electron chi connectivity index (χ1n) is 0.200. The maximum Gasteiger partial charge on any atom is 0 e. The minimum atomic E-state index is 0. The van der Waals surface area contributed by atoms with Crippen molar-refractivity contribution in [2.75, 3.05) is 0 Å². The van der Waals surface area contributed by atoms with Gasteiger partial charge < -0.3 is 21.9 Å². The van der Waals surface area contributed by atoms with Gasteiger partial charge in [-0.1, -0.05) is 0 Å². The maximum absolute atomic E-state index is 6.00. The standard InChI is InChI=1S/Ca.4Mn.H2O2.4H2O/c;;;;;1-2;;;;/h;;;;;1-2H;4*1H2. The summed E-state index contributed by atoms with van der Waals surface area (Å²) in [5, 5.41) is 12.0. The van der Waals surface area contributed by atoms with Crippen molar-refractivity contribution < 1.29 is 101 Å². The van der Waals surface area contributed by atoms with Gasteiger partial charge in [-0.25, -0.2) is 0 Å². The SMILES string of the molecule is O.O.O.O.OO.[Ca].[Mn].[Mn].[Mn].[Mn]. The first-order valence-corrected chi connectivity index (χ1v) is 0.200. The van der Waals surface area contributed by atoms with E-state index in [1.807, 2.05) is 0 Å². The van der Waals surface area contributed by atoms with Crippen molar-refractivity contribution in [3.63, 3.8) is 0 Å². The molecule has 0 fully saturated rings. The molecule has 11 heteroatoms. The van der Waals surface area contributed by atoms with Crippen LogP contribution in [0.5, 0.6) is 0 Å². The first kappa shape index (κ1) is 144. The average molecular weight is 366 g/mol. The van der Waals surface area contributed by atoms with E-state index in [-0.39, 0.29) is 128 Å². The third kappa shape index (κ3) is 168. The molecule has 0 saturated heterocycles. The molecule has 0 atom stereocenters. The molecule has 0 unspecified atom stereocenters. The van der Waals surface area contributed by atoms with Crippen LogP contribution >= 0.6 is 0 Å². The van der Waals surface area contributed by atoms with Crippen LogP contribution in [0.15, 0.2) is 0 Å². The van der Waals surface area contributed by atoms with Crippen LogP contribution < -0.4 is 0 Å². The van der Waals surface area contributed by atoms with Crippen molar-refractivity contribution in [2.45, 2.75) is 0 Å². The summed E-state index contributed by atoms with van der Waals surface area (Å²) in [6.07, 6.45) is 0. The summed E-state index contributed by atoms with van der Waals surface area (Å²) in [5.74, 6) is 0. The van der Waals surface area contributed by atoms with Gasteiger partial charge in [0.15, 0.2) is 0 Å². The Labute approximate surface area is 136 Å². The smallest absolute Gasteiger partial charge is 0 e. The fourth-order valence-corrected chi connectivity index (χ4v) is 0. The molecule has 0 aliphatic carbocycles. The number of rotatable bonds is 0. The zero-order chi connectivity index (χ0) is 2.00. The van der Waals surface area contributed by atoms with Gasteiger partial charge in [-0.15, -0.1) is 0 Å². The summed E-state index contributed by atoms with van der Waals surface area (Å²) < 4.78 is 0. The third-order valence-electron chi connectivity index (χ3n) is 0. The van der Waals surface area contributed by atoms with Crippen molar-refractivity contribution in [3.8, 4) is 0 Å². The molecule has 6 nitrogen and oxygen atoms in total. The predicted molar refractivity (Wildman–Crippen MR) is 25.5 cm³/mol. The van der Waals surface area contributed by atoms with Gasteiger partial charge in [0.05, 0.1) is 0 Å². The molecule has 0 rings (SSSR count). The van der Waals surface area contributed by atoms with Gasteiger partial charge in [-0.2, -0.15) is 0 Å². The van der Waals surface area contributed by atoms with Crippen molar-refractivity contribution >= 4 is 37.7 Å². The van der Waals surface area contributed by atoms with E-state index in [9.17, 15) is 0 Å². The van der Waals surface area contributed by atoms with E-state index >= 15 is 0 Å². The average Bonchev–Trinajstić information content (AvgIpc) is 1.00. The van der Waals surface area contributed by atoms with E-state index in [1.165, 1.54) is 0 Å². The zero-order valence-electron chi connectivity index (χ0n) is 5.11. The van der Waals surface area contributed by atoms with Crippen LogP contribution in [-0.4, -0.2) is 70.2 Å². The molecular formula is H10CaMn4O6. The molecule has 0 aromatic rings. The molecule has 0 aliphatic rings. The minimum Gasteiger partial charge on any atom is -0.412 e. The molecule has 0 bridgehead atoms. The molecule has 0 spiro atoms. The fourth-order valence-electron chi connectivity index (χ4n) is 0. The maximum atomic E-state index is 6.00. The largest absolute Gasteiger partial charge is 0.412 e. The summed E-state index contributed by atoms with van der Waals surface area (Å²) >= 11 is 0. The summed E-state index contributed by atoms with van der Waals surface area (Å²) in [7, 11) is 0. The van der Waals surface area contributed by atoms with E-state index in [1.54, 1.807) is 0 Å². The van der Waals surface area contributed by atoms with E-state index in [0.29, 0.717) is 0 Å². The molecule has 0 heterocycles. The van der Waals surface area contributed by atoms with Gasteiger partial charge in [-0.3, -0.25) is 10.5 Å². The Morgan fingerprint density at radius 1 is 0.455 bits per heavy atom. The monoisotopic (exact) mass is 366 g/mol. The molecule has 0 aliphatic heterocycles. The van der Waals surface area contributed by atoms with E-state index in [0.717, 1.165) is 0 Å². The summed E-state index contributed by atoms with van der Waals surface area (Å²) in [5.41, 5.74) is 0. The van der Waals surface area contributed by atoms with Crippen molar-refractivity contribution in [1.29, 1.82) is 0 Å². The molecule has 0 amide bonds. The molecule has 0 aromatic heterocycles. The van der Waals surface area contributed by atoms with Crippen LogP contribution in [0.1, 0.15) is 0 Å². The summed E-state index contributed by atoms with van der Waals surface area (Å²) in [6, 6.07) is 0. The van der Waals surface area contributed by atoms with Gasteiger partial charge in [0, 0.05) is 106 Å². The molecule has 6 radical (unpaired) electrons. The van der Waals surface area contributed by atoms with Gasteiger partial charge in [0.1, 0.15) is 0 Å². The second kappa shape index (κ2) is 200. The quantitative estimate of drug-likeness (QED) is 0.256. The van der Waals surface area contributed by atoms with Crippen molar-refractivity contribution in [2.24, 2.45) is 0 Å². The topological polar surface area (TPSA) is 166 Å². The molecule has 0 aromatic carbocycles. The number of hydrogen-bond acceptors (Lipinski definition) is 2. The van der Waals surface area contributed by atoms with Gasteiger partial charge >= 0.3 is 0 Å². The normalized spacial score (nSPS) is 0.545. The van der Waals surface area contributed by atoms with Gasteiger partial charge in [0.25, 0.3) is 0 Å². The Balaban J connectivity index is -0.000000000139. The second-order valence-corrected chi connectivity index (χ2v) is 0. The van der Waals surface area contributed by atoms with Crippen LogP contribution in [0.2, 0.25) is 0 Å². The summed E-state index contributed by atoms with van der Waals surface area (Å²) in [4.78, 5) is 0. The van der Waals surface area contributed by atoms with Crippen LogP contribution in [0, 0.1) is 0 Å². The van der Waals surface area contributed by atoms with E-state index < -0.39 is 0 Å². The van der Waals surface area contributed by atoms with Crippen LogP contribution in [0.3, 0.4) is 0 Å². The molecule has 11 heavy (non-hydrogen) atoms. The molecule has 0 saturated carbocycles. The van der Waals surface area contributed by atoms with Crippen molar-refractivity contribution in [1.82, 2.24) is 0 Å². The van der Waals surface area contributed by atoms with Gasteiger partial charge in [-0.05, 0) is 0 Å². The van der Waals surface area contributed by atoms with E-state index in [2.05, 4.69) is 0 Å². The second-order valence-electron chi connectivity index (χ2n) is 0. The minimum absolute atomic E-state index is 0. The predicted octanol–water partition coefficient (Wildman–Crippen LogP) is -3.67. The number of hydrogen-bond donors (Lipinski definition) is 2. The summed E-state index contributed by atoms with van der Waals surface area (Å²) in [6.45, 7) is 0. The molecular weight excluding hydrogens is 356 g/mol. The van der Waals surface area contributed by atoms with Crippen LogP contribution in [-0.2, 0) is 68.3 Å². The zero-order valence-corrected chi connectivity index (χ0v) is 12.0. The Kier molecular flexibility index (Phi) is 2620. The molecule has 10 N–H and O–H groups in total. The molecule has 76 valence electrons. The van der Waals surface area contributed by atoms with Crippen LogP contribution in [0.25, 0.3) is 0 Å². The van der Waals surface area contributed by atoms with E-state index in [4.69, 9.17) is 10.5 Å². The van der Waals surface area contributed by atoms with Crippen molar-refractivity contribution in [3.05, 3.63) is 0 Å².